The van der Waals surface area contributed by atoms with Crippen molar-refractivity contribution in [3.63, 3.8) is 0 Å². The van der Waals surface area contributed by atoms with Crippen LogP contribution in [0, 0.1) is 0 Å². The number of amides is 1. The van der Waals surface area contributed by atoms with E-state index in [9.17, 15) is 18.0 Å². The minimum atomic E-state index is -4.61. The highest BCUT2D eigenvalue weighted by molar-refractivity contribution is 5.69. The molecule has 1 aliphatic heterocycles. The van der Waals surface area contributed by atoms with E-state index >= 15 is 0 Å². The molecular weight excluding hydrogens is 349 g/mol. The van der Waals surface area contributed by atoms with E-state index in [4.69, 9.17) is 4.74 Å². The molecule has 0 radical (unpaired) electrons. The summed E-state index contributed by atoms with van der Waals surface area (Å²) in [5, 5.41) is 4.11. The molecule has 0 fully saturated rings. The number of aromatic nitrogens is 3. The minimum Gasteiger partial charge on any atom is -0.444 e. The Labute approximate surface area is 148 Å². The molecule has 140 valence electrons. The molecule has 1 amide bonds. The molecule has 26 heavy (non-hydrogen) atoms. The molecule has 2 aromatic rings. The molecule has 0 spiro atoms. The second kappa shape index (κ2) is 6.30. The van der Waals surface area contributed by atoms with Gasteiger partial charge in [-0.1, -0.05) is 6.07 Å². The number of nitrogens with zero attached hydrogens (tertiary/aromatic N) is 4. The van der Waals surface area contributed by atoms with Crippen LogP contribution in [-0.4, -0.2) is 37.9 Å². The molecule has 0 unspecified atom stereocenters. The van der Waals surface area contributed by atoms with Gasteiger partial charge in [-0.25, -0.2) is 4.79 Å². The number of halogens is 3. The van der Waals surface area contributed by atoms with Gasteiger partial charge in [0.05, 0.1) is 24.5 Å². The number of hydrogen-bond donors (Lipinski definition) is 0. The van der Waals surface area contributed by atoms with Gasteiger partial charge in [0.25, 0.3) is 0 Å². The number of alkyl halides is 3. The van der Waals surface area contributed by atoms with Crippen molar-refractivity contribution in [3.8, 4) is 11.4 Å². The Morgan fingerprint density at radius 1 is 1.19 bits per heavy atom. The zero-order valence-electron chi connectivity index (χ0n) is 14.7. The molecule has 1 aliphatic rings. The summed E-state index contributed by atoms with van der Waals surface area (Å²) in [6, 6.07) is 4.71. The van der Waals surface area contributed by atoms with E-state index in [2.05, 4.69) is 10.1 Å². The molecule has 0 bridgehead atoms. The van der Waals surface area contributed by atoms with Gasteiger partial charge in [0.2, 0.25) is 0 Å². The van der Waals surface area contributed by atoms with Crippen LogP contribution in [0.25, 0.3) is 11.4 Å². The third kappa shape index (κ3) is 3.66. The summed E-state index contributed by atoms with van der Waals surface area (Å²) >= 11 is 0. The molecule has 0 saturated heterocycles. The van der Waals surface area contributed by atoms with E-state index in [0.717, 1.165) is 0 Å². The van der Waals surface area contributed by atoms with Crippen LogP contribution in [0.15, 0.2) is 24.4 Å². The second-order valence-corrected chi connectivity index (χ2v) is 7.01. The first-order valence-corrected chi connectivity index (χ1v) is 8.12. The third-order valence-electron chi connectivity index (χ3n) is 3.82. The van der Waals surface area contributed by atoms with Gasteiger partial charge in [0.15, 0.2) is 0 Å². The molecule has 6 nitrogen and oxygen atoms in total. The van der Waals surface area contributed by atoms with E-state index in [1.165, 1.54) is 21.8 Å². The third-order valence-corrected chi connectivity index (χ3v) is 3.82. The van der Waals surface area contributed by atoms with Crippen LogP contribution >= 0.6 is 0 Å². The summed E-state index contributed by atoms with van der Waals surface area (Å²) in [6.07, 6.45) is -3.84. The van der Waals surface area contributed by atoms with Gasteiger partial charge in [-0.05, 0) is 32.9 Å². The van der Waals surface area contributed by atoms with E-state index in [0.29, 0.717) is 0 Å². The van der Waals surface area contributed by atoms with Crippen molar-refractivity contribution in [1.29, 1.82) is 0 Å². The SMILES string of the molecule is CC(C)(C)OC(=O)N1CCn2nc(-c3ccccn3)c(C(F)(F)F)c2C1. The number of carbonyl (C=O) groups excluding carboxylic acids is 1. The largest absolute Gasteiger partial charge is 0.444 e. The van der Waals surface area contributed by atoms with Gasteiger partial charge in [0.1, 0.15) is 16.9 Å². The fraction of sp³-hybridized carbons (Fsp3) is 0.471. The lowest BCUT2D eigenvalue weighted by Gasteiger charge is -2.31. The number of ether oxygens (including phenoxy) is 1. The molecular formula is C17H19F3N4O2. The van der Waals surface area contributed by atoms with Gasteiger partial charge in [-0.15, -0.1) is 0 Å². The zero-order valence-corrected chi connectivity index (χ0v) is 14.7. The maximum Gasteiger partial charge on any atom is 0.420 e. The van der Waals surface area contributed by atoms with Crippen molar-refractivity contribution < 1.29 is 22.7 Å². The first-order chi connectivity index (χ1) is 12.1. The van der Waals surface area contributed by atoms with Crippen LogP contribution in [0.1, 0.15) is 32.0 Å². The minimum absolute atomic E-state index is 0.0599. The van der Waals surface area contributed by atoms with Crippen molar-refractivity contribution in [3.05, 3.63) is 35.7 Å². The Hall–Kier alpha value is -2.58. The van der Waals surface area contributed by atoms with E-state index < -0.39 is 23.4 Å². The van der Waals surface area contributed by atoms with Crippen LogP contribution in [-0.2, 0) is 24.0 Å². The summed E-state index contributed by atoms with van der Waals surface area (Å²) in [5.41, 5.74) is -1.72. The quantitative estimate of drug-likeness (QED) is 0.770. The number of carbonyl (C=O) groups is 1. The normalized spacial score (nSPS) is 14.9. The molecule has 0 aliphatic carbocycles. The van der Waals surface area contributed by atoms with Crippen LogP contribution in [0.4, 0.5) is 18.0 Å². The Bertz CT molecular complexity index is 810. The van der Waals surface area contributed by atoms with E-state index in [-0.39, 0.29) is 36.7 Å². The maximum absolute atomic E-state index is 13.7. The van der Waals surface area contributed by atoms with Gasteiger partial charge in [-0.2, -0.15) is 18.3 Å². The van der Waals surface area contributed by atoms with Gasteiger partial charge >= 0.3 is 12.3 Å². The lowest BCUT2D eigenvalue weighted by atomic mass is 10.1. The number of pyridine rings is 1. The highest BCUT2D eigenvalue weighted by Gasteiger charge is 2.42. The highest BCUT2D eigenvalue weighted by atomic mass is 19.4. The van der Waals surface area contributed by atoms with E-state index in [1.807, 2.05) is 0 Å². The summed E-state index contributed by atoms with van der Waals surface area (Å²) < 4.78 is 47.8. The average Bonchev–Trinajstić information content (AvgIpc) is 2.92. The second-order valence-electron chi connectivity index (χ2n) is 7.01. The molecule has 0 N–H and O–H groups in total. The molecule has 0 aromatic carbocycles. The van der Waals surface area contributed by atoms with Gasteiger partial charge < -0.3 is 9.64 Å². The molecule has 0 saturated carbocycles. The van der Waals surface area contributed by atoms with Crippen LogP contribution in [0.3, 0.4) is 0 Å². The van der Waals surface area contributed by atoms with Crippen LogP contribution < -0.4 is 0 Å². The lowest BCUT2D eigenvalue weighted by Crippen LogP contribution is -2.42. The fourth-order valence-electron chi connectivity index (χ4n) is 2.78. The van der Waals surface area contributed by atoms with Gasteiger partial charge in [-0.3, -0.25) is 9.67 Å². The molecule has 3 rings (SSSR count). The topological polar surface area (TPSA) is 60.2 Å². The van der Waals surface area contributed by atoms with Crippen molar-refractivity contribution in [2.45, 2.75) is 45.6 Å². The smallest absolute Gasteiger partial charge is 0.420 e. The Balaban J connectivity index is 2.00. The lowest BCUT2D eigenvalue weighted by molar-refractivity contribution is -0.138. The Kier molecular flexibility index (Phi) is 4.41. The van der Waals surface area contributed by atoms with E-state index in [1.54, 1.807) is 32.9 Å². The van der Waals surface area contributed by atoms with Crippen molar-refractivity contribution in [2.24, 2.45) is 0 Å². The molecule has 0 atom stereocenters. The Morgan fingerprint density at radius 2 is 1.92 bits per heavy atom. The first-order valence-electron chi connectivity index (χ1n) is 8.12. The average molecular weight is 368 g/mol. The summed E-state index contributed by atoms with van der Waals surface area (Å²) in [7, 11) is 0. The summed E-state index contributed by atoms with van der Waals surface area (Å²) in [6.45, 7) is 5.29. The van der Waals surface area contributed by atoms with Crippen molar-refractivity contribution in [1.82, 2.24) is 19.7 Å². The predicted octanol–water partition coefficient (Wildman–Crippen LogP) is 3.71. The number of hydrogen-bond acceptors (Lipinski definition) is 4. The van der Waals surface area contributed by atoms with Crippen molar-refractivity contribution >= 4 is 6.09 Å². The van der Waals surface area contributed by atoms with Crippen LogP contribution in [0.2, 0.25) is 0 Å². The van der Waals surface area contributed by atoms with Gasteiger partial charge in [0, 0.05) is 12.7 Å². The number of fused-ring (bicyclic) bond motifs is 1. The van der Waals surface area contributed by atoms with Crippen LogP contribution in [0.5, 0.6) is 0 Å². The standard InChI is InChI=1S/C17H19F3N4O2/c1-16(2,3)26-15(25)23-8-9-24-12(10-23)13(17(18,19)20)14(22-24)11-6-4-5-7-21-11/h4-7H,8-10H2,1-3H3. The maximum atomic E-state index is 13.7. The molecule has 2 aromatic heterocycles. The molecule has 9 heteroatoms. The highest BCUT2D eigenvalue weighted by Crippen LogP contribution is 2.40. The monoisotopic (exact) mass is 368 g/mol. The number of rotatable bonds is 1. The fourth-order valence-corrected chi connectivity index (χ4v) is 2.78. The predicted molar refractivity (Wildman–Crippen MR) is 87.1 cm³/mol. The zero-order chi connectivity index (χ0) is 19.1. The molecule has 3 heterocycles. The first kappa shape index (κ1) is 18.2. The van der Waals surface area contributed by atoms with Crippen molar-refractivity contribution in [2.75, 3.05) is 6.54 Å². The summed E-state index contributed by atoms with van der Waals surface area (Å²) in [4.78, 5) is 17.5. The summed E-state index contributed by atoms with van der Waals surface area (Å²) in [5.74, 6) is 0. The Morgan fingerprint density at radius 3 is 2.50 bits per heavy atom.